The zero-order valence-electron chi connectivity index (χ0n) is 9.08. The van der Waals surface area contributed by atoms with Gasteiger partial charge in [-0.15, -0.1) is 0 Å². The molecule has 1 aliphatic rings. The molecule has 1 unspecified atom stereocenters. The molecule has 82 valence electrons. The summed E-state index contributed by atoms with van der Waals surface area (Å²) in [6.07, 6.45) is 2.93. The average Bonchev–Trinajstić information content (AvgIpc) is 2.17. The standard InChI is InChI=1S/C10H20N2O2/c1-12-7-3-4-9(8-12)11-6-5-10(13)14-2/h9,11H,3-8H2,1-2H3. The first kappa shape index (κ1) is 11.5. The van der Waals surface area contributed by atoms with Gasteiger partial charge in [-0.2, -0.15) is 0 Å². The second kappa shape index (κ2) is 5.98. The Morgan fingerprint density at radius 2 is 2.43 bits per heavy atom. The topological polar surface area (TPSA) is 41.6 Å². The maximum absolute atomic E-state index is 10.8. The van der Waals surface area contributed by atoms with Crippen molar-refractivity contribution in [1.82, 2.24) is 10.2 Å². The molecule has 4 heteroatoms. The predicted molar refractivity (Wildman–Crippen MR) is 55.2 cm³/mol. The third-order valence-electron chi connectivity index (χ3n) is 2.61. The van der Waals surface area contributed by atoms with E-state index in [-0.39, 0.29) is 5.97 Å². The molecular weight excluding hydrogens is 180 g/mol. The van der Waals surface area contributed by atoms with Crippen LogP contribution in [0.1, 0.15) is 19.3 Å². The third kappa shape index (κ3) is 4.07. The summed E-state index contributed by atoms with van der Waals surface area (Å²) in [4.78, 5) is 13.2. The van der Waals surface area contributed by atoms with Gasteiger partial charge in [0.2, 0.25) is 0 Å². The molecule has 4 nitrogen and oxygen atoms in total. The Hall–Kier alpha value is -0.610. The molecule has 1 N–H and O–H groups in total. The number of nitrogens with one attached hydrogen (secondary N) is 1. The number of esters is 1. The number of nitrogens with zero attached hydrogens (tertiary/aromatic N) is 1. The Balaban J connectivity index is 2.08. The second-order valence-corrected chi connectivity index (χ2v) is 3.88. The van der Waals surface area contributed by atoms with Crippen molar-refractivity contribution in [2.75, 3.05) is 33.8 Å². The molecule has 1 fully saturated rings. The van der Waals surface area contributed by atoms with E-state index in [1.807, 2.05) is 0 Å². The van der Waals surface area contributed by atoms with Gasteiger partial charge in [0.05, 0.1) is 13.5 Å². The summed E-state index contributed by atoms with van der Waals surface area (Å²) in [6, 6.07) is 0.540. The fourth-order valence-corrected chi connectivity index (χ4v) is 1.81. The van der Waals surface area contributed by atoms with E-state index in [2.05, 4.69) is 22.0 Å². The number of ether oxygens (including phenoxy) is 1. The summed E-state index contributed by atoms with van der Waals surface area (Å²) in [5.74, 6) is -0.137. The Kier molecular flexibility index (Phi) is 4.90. The van der Waals surface area contributed by atoms with Crippen molar-refractivity contribution < 1.29 is 9.53 Å². The van der Waals surface area contributed by atoms with E-state index in [1.54, 1.807) is 0 Å². The monoisotopic (exact) mass is 200 g/mol. The van der Waals surface area contributed by atoms with Gasteiger partial charge in [0, 0.05) is 19.1 Å². The summed E-state index contributed by atoms with van der Waals surface area (Å²) in [6.45, 7) is 3.00. The van der Waals surface area contributed by atoms with Crippen molar-refractivity contribution >= 4 is 5.97 Å². The minimum absolute atomic E-state index is 0.137. The molecule has 0 spiro atoms. The SMILES string of the molecule is COC(=O)CCNC1CCCN(C)C1. The van der Waals surface area contributed by atoms with Gasteiger partial charge in [-0.05, 0) is 26.4 Å². The van der Waals surface area contributed by atoms with Crippen LogP contribution in [0.15, 0.2) is 0 Å². The van der Waals surface area contributed by atoms with E-state index >= 15 is 0 Å². The number of rotatable bonds is 4. The molecule has 0 aromatic carbocycles. The highest BCUT2D eigenvalue weighted by atomic mass is 16.5. The maximum Gasteiger partial charge on any atom is 0.306 e. The van der Waals surface area contributed by atoms with Crippen LogP contribution in [0, 0.1) is 0 Å². The van der Waals surface area contributed by atoms with Gasteiger partial charge in [-0.25, -0.2) is 0 Å². The van der Waals surface area contributed by atoms with Crippen LogP contribution in [0.25, 0.3) is 0 Å². The van der Waals surface area contributed by atoms with Crippen LogP contribution in [0.3, 0.4) is 0 Å². The number of hydrogen-bond donors (Lipinski definition) is 1. The lowest BCUT2D eigenvalue weighted by Gasteiger charge is -2.30. The normalized spacial score (nSPS) is 23.4. The third-order valence-corrected chi connectivity index (χ3v) is 2.61. The number of hydrogen-bond acceptors (Lipinski definition) is 4. The van der Waals surface area contributed by atoms with Gasteiger partial charge in [0.25, 0.3) is 0 Å². The highest BCUT2D eigenvalue weighted by Crippen LogP contribution is 2.07. The molecule has 1 aliphatic heterocycles. The van der Waals surface area contributed by atoms with Crippen LogP contribution < -0.4 is 5.32 Å². The molecule has 0 saturated carbocycles. The average molecular weight is 200 g/mol. The summed E-state index contributed by atoms with van der Waals surface area (Å²) in [5.41, 5.74) is 0. The number of methoxy groups -OCH3 is 1. The van der Waals surface area contributed by atoms with Crippen LogP contribution in [-0.4, -0.2) is 50.7 Å². The van der Waals surface area contributed by atoms with Crippen molar-refractivity contribution in [2.24, 2.45) is 0 Å². The van der Waals surface area contributed by atoms with Gasteiger partial charge >= 0.3 is 5.97 Å². The van der Waals surface area contributed by atoms with Crippen LogP contribution in [0.4, 0.5) is 0 Å². The van der Waals surface area contributed by atoms with E-state index < -0.39 is 0 Å². The van der Waals surface area contributed by atoms with Gasteiger partial charge in [-0.3, -0.25) is 4.79 Å². The minimum atomic E-state index is -0.137. The molecule has 1 heterocycles. The van der Waals surface area contributed by atoms with Crippen LogP contribution in [-0.2, 0) is 9.53 Å². The summed E-state index contributed by atoms with van der Waals surface area (Å²) < 4.78 is 4.57. The molecule has 1 saturated heterocycles. The number of likely N-dealkylation sites (tertiary alicyclic amines) is 1. The molecule has 14 heavy (non-hydrogen) atoms. The van der Waals surface area contributed by atoms with E-state index in [0.29, 0.717) is 12.5 Å². The molecule has 0 aromatic rings. The number of carbonyl (C=O) groups is 1. The molecular formula is C10H20N2O2. The number of likely N-dealkylation sites (N-methyl/N-ethyl adjacent to an activating group) is 1. The molecule has 0 aliphatic carbocycles. The highest BCUT2D eigenvalue weighted by Gasteiger charge is 2.16. The Morgan fingerprint density at radius 3 is 3.07 bits per heavy atom. The fourth-order valence-electron chi connectivity index (χ4n) is 1.81. The Bertz CT molecular complexity index is 185. The summed E-state index contributed by atoms with van der Waals surface area (Å²) >= 11 is 0. The highest BCUT2D eigenvalue weighted by molar-refractivity contribution is 5.69. The van der Waals surface area contributed by atoms with Crippen molar-refractivity contribution in [1.29, 1.82) is 0 Å². The molecule has 0 amide bonds. The first-order valence-electron chi connectivity index (χ1n) is 5.21. The molecule has 1 atom stereocenters. The van der Waals surface area contributed by atoms with E-state index in [4.69, 9.17) is 0 Å². The van der Waals surface area contributed by atoms with Crippen LogP contribution >= 0.6 is 0 Å². The van der Waals surface area contributed by atoms with Crippen molar-refractivity contribution in [2.45, 2.75) is 25.3 Å². The predicted octanol–water partition coefficient (Wildman–Crippen LogP) is 0.233. The van der Waals surface area contributed by atoms with Crippen molar-refractivity contribution in [3.8, 4) is 0 Å². The zero-order chi connectivity index (χ0) is 10.4. The maximum atomic E-state index is 10.8. The number of carbonyl (C=O) groups excluding carboxylic acids is 1. The van der Waals surface area contributed by atoms with Crippen LogP contribution in [0.5, 0.6) is 0 Å². The van der Waals surface area contributed by atoms with Gasteiger partial charge in [0.15, 0.2) is 0 Å². The second-order valence-electron chi connectivity index (χ2n) is 3.88. The molecule has 0 aromatic heterocycles. The smallest absolute Gasteiger partial charge is 0.306 e. The lowest BCUT2D eigenvalue weighted by Crippen LogP contribution is -2.44. The fraction of sp³-hybridized carbons (Fsp3) is 0.900. The van der Waals surface area contributed by atoms with Crippen molar-refractivity contribution in [3.05, 3.63) is 0 Å². The summed E-state index contributed by atoms with van der Waals surface area (Å²) in [7, 11) is 3.56. The Labute approximate surface area is 85.6 Å². The largest absolute Gasteiger partial charge is 0.469 e. The molecule has 0 bridgehead atoms. The van der Waals surface area contributed by atoms with E-state index in [0.717, 1.165) is 13.1 Å². The minimum Gasteiger partial charge on any atom is -0.469 e. The quantitative estimate of drug-likeness (QED) is 0.660. The lowest BCUT2D eigenvalue weighted by molar-refractivity contribution is -0.140. The van der Waals surface area contributed by atoms with Gasteiger partial charge in [0.1, 0.15) is 0 Å². The van der Waals surface area contributed by atoms with E-state index in [9.17, 15) is 4.79 Å². The Morgan fingerprint density at radius 1 is 1.64 bits per heavy atom. The zero-order valence-corrected chi connectivity index (χ0v) is 9.08. The molecule has 1 rings (SSSR count). The number of piperidine rings is 1. The first-order valence-corrected chi connectivity index (χ1v) is 5.21. The van der Waals surface area contributed by atoms with Crippen LogP contribution in [0.2, 0.25) is 0 Å². The first-order chi connectivity index (χ1) is 6.72. The van der Waals surface area contributed by atoms with E-state index in [1.165, 1.54) is 26.5 Å². The van der Waals surface area contributed by atoms with Crippen molar-refractivity contribution in [3.63, 3.8) is 0 Å². The van der Waals surface area contributed by atoms with Gasteiger partial charge in [-0.1, -0.05) is 0 Å². The lowest BCUT2D eigenvalue weighted by atomic mass is 10.1. The molecule has 0 radical (unpaired) electrons. The summed E-state index contributed by atoms with van der Waals surface area (Å²) in [5, 5.41) is 3.37. The van der Waals surface area contributed by atoms with Gasteiger partial charge < -0.3 is 15.0 Å².